The number of nitrogens with zero attached hydrogens (tertiary/aromatic N) is 4. The summed E-state index contributed by atoms with van der Waals surface area (Å²) in [4.78, 5) is 0. The van der Waals surface area contributed by atoms with Crippen LogP contribution < -0.4 is 0 Å². The smallest absolute Gasteiger partial charge is 0.637 e. The van der Waals surface area contributed by atoms with Crippen LogP contribution in [0.15, 0.2) is 0 Å². The van der Waals surface area contributed by atoms with Crippen LogP contribution in [0.3, 0.4) is 0 Å². The fourth-order valence-corrected chi connectivity index (χ4v) is 3.79. The molecule has 2 radical (unpaired) electrons. The zero-order valence-corrected chi connectivity index (χ0v) is 24.0. The fourth-order valence-electron chi connectivity index (χ4n) is 3.79. The third-order valence-electron chi connectivity index (χ3n) is 5.84. The molecule has 0 bridgehead atoms. The van der Waals surface area contributed by atoms with E-state index in [0.29, 0.717) is 0 Å². The van der Waals surface area contributed by atoms with Gasteiger partial charge in [-0.05, 0) is 50.6 Å². The monoisotopic (exact) mass is 662 g/mol. The molecular weight excluding hydrogens is 614 g/mol. The molecule has 206 valence electrons. The van der Waals surface area contributed by atoms with Crippen LogP contribution in [-0.4, -0.2) is 71.5 Å². The molecule has 8 nitrogen and oxygen atoms in total. The van der Waals surface area contributed by atoms with Crippen molar-refractivity contribution in [3.05, 3.63) is 21.3 Å². The van der Waals surface area contributed by atoms with Crippen LogP contribution in [0.4, 0.5) is 0 Å². The maximum Gasteiger partial charge on any atom is 2.00 e. The molecule has 4 atom stereocenters. The van der Waals surface area contributed by atoms with Gasteiger partial charge in [-0.3, -0.25) is 0 Å². The molecule has 0 saturated carbocycles. The number of aliphatic hydroxyl groups is 4. The maximum absolute atomic E-state index is 8.92. The molecular formula is C24H48N4O4Rh2. The average molecular weight is 662 g/mol. The quantitative estimate of drug-likeness (QED) is 0.271. The van der Waals surface area contributed by atoms with E-state index in [1.54, 1.807) is 0 Å². The molecule has 34 heavy (non-hydrogen) atoms. The molecule has 4 aliphatic heterocycles. The van der Waals surface area contributed by atoms with Crippen molar-refractivity contribution in [2.24, 2.45) is 0 Å². The second kappa shape index (κ2) is 27.0. The zero-order chi connectivity index (χ0) is 23.3. The van der Waals surface area contributed by atoms with Crippen molar-refractivity contribution in [3.63, 3.8) is 0 Å². The Morgan fingerprint density at radius 3 is 0.735 bits per heavy atom. The number of hydrogen-bond donors (Lipinski definition) is 4. The maximum atomic E-state index is 8.92. The van der Waals surface area contributed by atoms with E-state index in [1.165, 1.54) is 25.7 Å². The summed E-state index contributed by atoms with van der Waals surface area (Å²) >= 11 is 0. The van der Waals surface area contributed by atoms with Gasteiger partial charge in [-0.25, -0.2) is 0 Å². The van der Waals surface area contributed by atoms with E-state index >= 15 is 0 Å². The molecule has 4 rings (SSSR count). The second-order valence-corrected chi connectivity index (χ2v) is 8.94. The first-order chi connectivity index (χ1) is 15.6. The molecule has 4 N–H and O–H groups in total. The predicted octanol–water partition coefficient (Wildman–Crippen LogP) is 5.01. The number of rotatable bonds is 0. The van der Waals surface area contributed by atoms with Gasteiger partial charge in [0.15, 0.2) is 0 Å². The van der Waals surface area contributed by atoms with E-state index in [2.05, 4.69) is 21.3 Å². The summed E-state index contributed by atoms with van der Waals surface area (Å²) in [5, 5.41) is 51.6. The topological polar surface area (TPSA) is 137 Å². The summed E-state index contributed by atoms with van der Waals surface area (Å²) in [5.41, 5.74) is 0. The van der Waals surface area contributed by atoms with Crippen LogP contribution in [0.2, 0.25) is 0 Å². The molecule has 10 heteroatoms. The van der Waals surface area contributed by atoms with Crippen molar-refractivity contribution in [1.29, 1.82) is 0 Å². The first kappa shape index (κ1) is 37.1. The van der Waals surface area contributed by atoms with Gasteiger partial charge in [0.2, 0.25) is 0 Å². The van der Waals surface area contributed by atoms with Crippen LogP contribution in [-0.2, 0) is 39.0 Å². The molecule has 4 unspecified atom stereocenters. The minimum absolute atomic E-state index is 0. The third kappa shape index (κ3) is 24.6. The Morgan fingerprint density at radius 2 is 0.529 bits per heavy atom. The van der Waals surface area contributed by atoms with Crippen molar-refractivity contribution in [3.8, 4) is 0 Å². The summed E-state index contributed by atoms with van der Waals surface area (Å²) in [5.74, 6) is 0. The van der Waals surface area contributed by atoms with Gasteiger partial charge in [0, 0.05) is 0 Å². The van der Waals surface area contributed by atoms with Crippen molar-refractivity contribution < 1.29 is 59.4 Å². The van der Waals surface area contributed by atoms with Crippen LogP contribution in [0, 0.1) is 0 Å². The van der Waals surface area contributed by atoms with E-state index < -0.39 is 0 Å². The summed E-state index contributed by atoms with van der Waals surface area (Å²) in [7, 11) is 0. The van der Waals surface area contributed by atoms with Gasteiger partial charge >= 0.3 is 39.0 Å². The van der Waals surface area contributed by atoms with Crippen LogP contribution in [0.25, 0.3) is 21.3 Å². The van der Waals surface area contributed by atoms with Crippen molar-refractivity contribution in [1.82, 2.24) is 0 Å². The molecule has 0 aromatic heterocycles. The molecule has 0 aromatic rings. The number of aliphatic hydroxyl groups excluding tert-OH is 4. The molecule has 4 aliphatic rings. The van der Waals surface area contributed by atoms with Crippen molar-refractivity contribution in [2.45, 2.75) is 128 Å². The molecule has 0 spiro atoms. The van der Waals surface area contributed by atoms with E-state index in [0.717, 1.165) is 103 Å². The SMILES string of the molecule is OC1CCCCC[N-]1.OC1CCCCC[N-]1.OC1CCCCC[N-]1.OC1CCCCC[N-]1.[Rh+2].[Rh+2]. The van der Waals surface area contributed by atoms with Gasteiger partial charge in [-0.2, -0.15) is 0 Å². The average Bonchev–Trinajstić information content (AvgIpc) is 3.35. The molecule has 4 saturated heterocycles. The van der Waals surface area contributed by atoms with Gasteiger partial charge in [-0.1, -0.05) is 77.0 Å². The van der Waals surface area contributed by atoms with Crippen LogP contribution in [0.1, 0.15) is 103 Å². The minimum Gasteiger partial charge on any atom is -0.637 e. The van der Waals surface area contributed by atoms with E-state index in [-0.39, 0.29) is 63.9 Å². The Bertz CT molecular complexity index is 313. The van der Waals surface area contributed by atoms with Crippen LogP contribution in [0.5, 0.6) is 0 Å². The minimum atomic E-state index is -0.350. The van der Waals surface area contributed by atoms with E-state index in [9.17, 15) is 0 Å². The van der Waals surface area contributed by atoms with E-state index in [4.69, 9.17) is 20.4 Å². The number of hydrogen-bond acceptors (Lipinski definition) is 4. The fraction of sp³-hybridized carbons (Fsp3) is 1.00. The van der Waals surface area contributed by atoms with Gasteiger partial charge in [0.1, 0.15) is 0 Å². The Hall–Kier alpha value is 0.927. The summed E-state index contributed by atoms with van der Waals surface area (Å²) in [6, 6.07) is 0. The molecule has 0 aromatic carbocycles. The Kier molecular flexibility index (Phi) is 29.4. The normalized spacial score (nSPS) is 30.0. The van der Waals surface area contributed by atoms with Gasteiger partial charge in [0.25, 0.3) is 0 Å². The standard InChI is InChI=1S/4C6H12NO.2Rh/c4*8-6-4-2-1-3-5-7-6;;/h4*6,8H,1-5H2;;/q4*-1;2*+2. The summed E-state index contributed by atoms with van der Waals surface area (Å²) in [6.07, 6.45) is 16.3. The first-order valence-electron chi connectivity index (χ1n) is 13.0. The third-order valence-corrected chi connectivity index (χ3v) is 5.84. The van der Waals surface area contributed by atoms with Crippen molar-refractivity contribution >= 4 is 0 Å². The zero-order valence-electron chi connectivity index (χ0n) is 20.7. The predicted molar refractivity (Wildman–Crippen MR) is 131 cm³/mol. The van der Waals surface area contributed by atoms with Gasteiger partial charge < -0.3 is 41.7 Å². The Labute approximate surface area is 233 Å². The molecule has 4 fully saturated rings. The largest absolute Gasteiger partial charge is 2.00 e. The summed E-state index contributed by atoms with van der Waals surface area (Å²) < 4.78 is 0. The van der Waals surface area contributed by atoms with Crippen LogP contribution >= 0.6 is 0 Å². The van der Waals surface area contributed by atoms with Crippen molar-refractivity contribution in [2.75, 3.05) is 26.2 Å². The van der Waals surface area contributed by atoms with E-state index in [1.807, 2.05) is 0 Å². The van der Waals surface area contributed by atoms with Gasteiger partial charge in [-0.15, -0.1) is 26.2 Å². The summed E-state index contributed by atoms with van der Waals surface area (Å²) in [6.45, 7) is 3.45. The molecule has 0 aliphatic carbocycles. The van der Waals surface area contributed by atoms with Gasteiger partial charge in [0.05, 0.1) is 0 Å². The Morgan fingerprint density at radius 1 is 0.324 bits per heavy atom. The molecule has 0 amide bonds. The second-order valence-electron chi connectivity index (χ2n) is 8.94. The molecule has 4 heterocycles. The first-order valence-corrected chi connectivity index (χ1v) is 13.0. The Balaban J connectivity index is 0.